The summed E-state index contributed by atoms with van der Waals surface area (Å²) >= 11 is 0. The van der Waals surface area contributed by atoms with Crippen LogP contribution in [0.4, 0.5) is 0 Å². The molecule has 0 amide bonds. The molecule has 39 heavy (non-hydrogen) atoms. The lowest BCUT2D eigenvalue weighted by Gasteiger charge is -2.39. The normalized spacial score (nSPS) is 19.1. The number of piperidine rings is 1. The first-order chi connectivity index (χ1) is 18.9. The minimum Gasteiger partial charge on any atom is -0.461 e. The molecule has 1 heterocycles. The summed E-state index contributed by atoms with van der Waals surface area (Å²) in [6, 6.07) is 28.4. The number of ether oxygens (including phenoxy) is 1. The van der Waals surface area contributed by atoms with E-state index in [0.717, 1.165) is 37.1 Å². The number of nitrogens with one attached hydrogen (secondary N) is 1. The predicted molar refractivity (Wildman–Crippen MR) is 153 cm³/mol. The van der Waals surface area contributed by atoms with Crippen LogP contribution >= 0.6 is 0 Å². The van der Waals surface area contributed by atoms with Gasteiger partial charge in [0.1, 0.15) is 6.61 Å². The van der Waals surface area contributed by atoms with Crippen LogP contribution in [0.1, 0.15) is 36.3 Å². The fourth-order valence-corrected chi connectivity index (χ4v) is 6.47. The molecule has 3 aromatic carbocycles. The summed E-state index contributed by atoms with van der Waals surface area (Å²) in [5, 5.41) is 3.37. The van der Waals surface area contributed by atoms with Crippen molar-refractivity contribution in [3.05, 3.63) is 102 Å². The van der Waals surface area contributed by atoms with Crippen molar-refractivity contribution < 1.29 is 17.9 Å². The zero-order valence-corrected chi connectivity index (χ0v) is 23.6. The molecule has 0 aliphatic carbocycles. The molecule has 1 saturated heterocycles. The SMILES string of the molecule is CN[C@@H]1CC(C(=O)OCc2ccccc2)CCN1CC[C@@H](CN(C)S(=O)(=O)c1ccccc1)c1ccccc1. The monoisotopic (exact) mass is 549 g/mol. The average molecular weight is 550 g/mol. The Labute approximate surface area is 232 Å². The Hall–Kier alpha value is -3.04. The molecule has 4 rings (SSSR count). The molecule has 0 aromatic heterocycles. The molecule has 7 nitrogen and oxygen atoms in total. The number of carbonyl (C=O) groups excluding carboxylic acids is 1. The van der Waals surface area contributed by atoms with Crippen molar-refractivity contribution in [1.82, 2.24) is 14.5 Å². The highest BCUT2D eigenvalue weighted by molar-refractivity contribution is 7.89. The minimum absolute atomic E-state index is 0.0285. The second-order valence-corrected chi connectivity index (χ2v) is 12.2. The van der Waals surface area contributed by atoms with E-state index in [1.54, 1.807) is 31.3 Å². The molecule has 1 aliphatic heterocycles. The zero-order valence-electron chi connectivity index (χ0n) is 22.8. The van der Waals surface area contributed by atoms with Gasteiger partial charge in [-0.1, -0.05) is 78.9 Å². The number of benzene rings is 3. The van der Waals surface area contributed by atoms with Gasteiger partial charge in [0.05, 0.1) is 17.0 Å². The summed E-state index contributed by atoms with van der Waals surface area (Å²) in [5.74, 6) is -0.260. The van der Waals surface area contributed by atoms with Crippen molar-refractivity contribution in [1.29, 1.82) is 0 Å². The average Bonchev–Trinajstić information content (AvgIpc) is 2.99. The van der Waals surface area contributed by atoms with Gasteiger partial charge in [-0.3, -0.25) is 9.69 Å². The number of nitrogens with zero attached hydrogens (tertiary/aromatic N) is 2. The number of sulfonamides is 1. The van der Waals surface area contributed by atoms with E-state index in [1.165, 1.54) is 4.31 Å². The second-order valence-electron chi connectivity index (χ2n) is 10.1. The summed E-state index contributed by atoms with van der Waals surface area (Å²) in [6.07, 6.45) is 2.27. The van der Waals surface area contributed by atoms with Crippen molar-refractivity contribution in [2.24, 2.45) is 5.92 Å². The lowest BCUT2D eigenvalue weighted by atomic mass is 9.92. The van der Waals surface area contributed by atoms with Gasteiger partial charge in [0, 0.05) is 26.7 Å². The Bertz CT molecular complexity index is 1270. The van der Waals surface area contributed by atoms with Gasteiger partial charge in [-0.15, -0.1) is 0 Å². The lowest BCUT2D eigenvalue weighted by Crippen LogP contribution is -2.51. The highest BCUT2D eigenvalue weighted by Gasteiger charge is 2.33. The number of hydrogen-bond donors (Lipinski definition) is 1. The van der Waals surface area contributed by atoms with Crippen LogP contribution in [0, 0.1) is 5.92 Å². The Morgan fingerprint density at radius 1 is 1.00 bits per heavy atom. The molecular formula is C31H39N3O4S. The van der Waals surface area contributed by atoms with Crippen molar-refractivity contribution >= 4 is 16.0 Å². The maximum Gasteiger partial charge on any atom is 0.309 e. The van der Waals surface area contributed by atoms with Gasteiger partial charge < -0.3 is 10.1 Å². The standard InChI is InChI=1S/C31H39N3O4S/c1-32-30-22-27(31(35)38-24-25-12-6-3-7-13-25)18-20-34(30)21-19-28(26-14-8-4-9-15-26)23-33(2)39(36,37)29-16-10-5-11-17-29/h3-17,27-28,30,32H,18-24H2,1-2H3/t27?,28-,30-/m0/s1. The lowest BCUT2D eigenvalue weighted by molar-refractivity contribution is -0.152. The number of rotatable bonds is 12. The van der Waals surface area contributed by atoms with Gasteiger partial charge in [-0.25, -0.2) is 12.7 Å². The molecule has 1 N–H and O–H groups in total. The summed E-state index contributed by atoms with van der Waals surface area (Å²) in [6.45, 7) is 2.24. The molecule has 3 atom stereocenters. The third-order valence-corrected chi connectivity index (χ3v) is 9.41. The molecule has 3 aromatic rings. The van der Waals surface area contributed by atoms with Crippen LogP contribution in [0.25, 0.3) is 0 Å². The van der Waals surface area contributed by atoms with E-state index in [1.807, 2.05) is 61.6 Å². The fraction of sp³-hybridized carbons (Fsp3) is 0.387. The molecule has 1 unspecified atom stereocenters. The molecular weight excluding hydrogens is 510 g/mol. The minimum atomic E-state index is -3.59. The third kappa shape index (κ3) is 7.76. The summed E-state index contributed by atoms with van der Waals surface area (Å²) < 4.78 is 33.5. The number of carbonyl (C=O) groups is 1. The van der Waals surface area contributed by atoms with Gasteiger partial charge in [0.2, 0.25) is 10.0 Å². The van der Waals surface area contributed by atoms with Crippen molar-refractivity contribution in [3.63, 3.8) is 0 Å². The van der Waals surface area contributed by atoms with Crippen molar-refractivity contribution in [3.8, 4) is 0 Å². The number of hydrogen-bond acceptors (Lipinski definition) is 6. The molecule has 1 aliphatic rings. The van der Waals surface area contributed by atoms with Crippen LogP contribution in [0.3, 0.4) is 0 Å². The van der Waals surface area contributed by atoms with Crippen molar-refractivity contribution in [2.75, 3.05) is 33.7 Å². The van der Waals surface area contributed by atoms with E-state index in [0.29, 0.717) is 24.5 Å². The first-order valence-electron chi connectivity index (χ1n) is 13.6. The molecule has 8 heteroatoms. The van der Waals surface area contributed by atoms with Gasteiger partial charge in [0.25, 0.3) is 0 Å². The van der Waals surface area contributed by atoms with Crippen molar-refractivity contribution in [2.45, 2.75) is 42.8 Å². The smallest absolute Gasteiger partial charge is 0.309 e. The van der Waals surface area contributed by atoms with E-state index in [-0.39, 0.29) is 24.0 Å². The van der Waals surface area contributed by atoms with E-state index in [4.69, 9.17) is 4.74 Å². The van der Waals surface area contributed by atoms with E-state index in [9.17, 15) is 13.2 Å². The van der Waals surface area contributed by atoms with Crippen LogP contribution in [0.5, 0.6) is 0 Å². The first kappa shape index (κ1) is 29.0. The summed E-state index contributed by atoms with van der Waals surface area (Å²) in [4.78, 5) is 15.5. The highest BCUT2D eigenvalue weighted by Crippen LogP contribution is 2.28. The molecule has 0 radical (unpaired) electrons. The Kier molecular flexibility index (Phi) is 10.3. The highest BCUT2D eigenvalue weighted by atomic mass is 32.2. The zero-order chi connectivity index (χ0) is 27.7. The predicted octanol–water partition coefficient (Wildman–Crippen LogP) is 4.48. The molecule has 0 spiro atoms. The quantitative estimate of drug-likeness (QED) is 0.336. The topological polar surface area (TPSA) is 79.0 Å². The van der Waals surface area contributed by atoms with E-state index in [2.05, 4.69) is 22.3 Å². The first-order valence-corrected chi connectivity index (χ1v) is 15.0. The summed E-state index contributed by atoms with van der Waals surface area (Å²) in [5.41, 5.74) is 2.10. The third-order valence-electron chi connectivity index (χ3n) is 7.57. The molecule has 0 saturated carbocycles. The Balaban J connectivity index is 1.37. The number of esters is 1. The van der Waals surface area contributed by atoms with Crippen LogP contribution in [-0.4, -0.2) is 63.5 Å². The summed E-state index contributed by atoms with van der Waals surface area (Å²) in [7, 11) is -0.0122. The number of likely N-dealkylation sites (N-methyl/N-ethyl adjacent to an activating group) is 1. The van der Waals surface area contributed by atoms with Gasteiger partial charge >= 0.3 is 5.97 Å². The van der Waals surface area contributed by atoms with Gasteiger partial charge in [0.15, 0.2) is 0 Å². The van der Waals surface area contributed by atoms with Gasteiger partial charge in [-0.05, 0) is 55.5 Å². The van der Waals surface area contributed by atoms with Crippen LogP contribution < -0.4 is 5.32 Å². The van der Waals surface area contributed by atoms with Crippen LogP contribution in [0.15, 0.2) is 95.9 Å². The molecule has 208 valence electrons. The largest absolute Gasteiger partial charge is 0.461 e. The number of likely N-dealkylation sites (tertiary alicyclic amines) is 1. The maximum absolute atomic E-state index is 13.2. The van der Waals surface area contributed by atoms with Crippen LogP contribution in [-0.2, 0) is 26.2 Å². The maximum atomic E-state index is 13.2. The molecule has 0 bridgehead atoms. The van der Waals surface area contributed by atoms with E-state index < -0.39 is 10.0 Å². The second kappa shape index (κ2) is 13.8. The molecule has 1 fully saturated rings. The Morgan fingerprint density at radius 2 is 1.62 bits per heavy atom. The Morgan fingerprint density at radius 3 is 2.26 bits per heavy atom. The van der Waals surface area contributed by atoms with E-state index >= 15 is 0 Å². The fourth-order valence-electron chi connectivity index (χ4n) is 5.23. The van der Waals surface area contributed by atoms with Gasteiger partial charge in [-0.2, -0.15) is 0 Å². The van der Waals surface area contributed by atoms with Crippen LogP contribution in [0.2, 0.25) is 0 Å².